The van der Waals surface area contributed by atoms with E-state index in [2.05, 4.69) is 28.3 Å². The Hall–Kier alpha value is -3.29. The van der Waals surface area contributed by atoms with Crippen molar-refractivity contribution in [1.82, 2.24) is 9.88 Å². The van der Waals surface area contributed by atoms with Crippen LogP contribution in [0.4, 0.5) is 5.69 Å². The second-order valence-electron chi connectivity index (χ2n) is 8.16. The largest absolute Gasteiger partial charge is 0.492 e. The number of hydrogen-bond donors (Lipinski definition) is 1. The molecular weight excluding hydrogens is 442 g/mol. The molecule has 0 fully saturated rings. The average molecular weight is 466 g/mol. The van der Waals surface area contributed by atoms with Crippen LogP contribution in [0.1, 0.15) is 33.1 Å². The van der Waals surface area contributed by atoms with Crippen LogP contribution in [0.3, 0.4) is 0 Å². The number of nitrogens with zero attached hydrogens (tertiary/aromatic N) is 2. The lowest BCUT2D eigenvalue weighted by Gasteiger charge is -2.36. The van der Waals surface area contributed by atoms with Gasteiger partial charge < -0.3 is 19.5 Å². The molecule has 0 radical (unpaired) electrons. The van der Waals surface area contributed by atoms with Crippen molar-refractivity contribution in [2.75, 3.05) is 32.8 Å². The van der Waals surface area contributed by atoms with Gasteiger partial charge in [0.15, 0.2) is 11.5 Å². The van der Waals surface area contributed by atoms with E-state index in [0.29, 0.717) is 17.0 Å². The van der Waals surface area contributed by atoms with E-state index in [1.807, 2.05) is 24.3 Å². The molecule has 0 saturated heterocycles. The third-order valence-electron chi connectivity index (χ3n) is 6.19. The van der Waals surface area contributed by atoms with Crippen molar-refractivity contribution in [3.05, 3.63) is 76.1 Å². The van der Waals surface area contributed by atoms with Crippen molar-refractivity contribution in [2.45, 2.75) is 18.9 Å². The number of hydrogen-bond acceptors (Lipinski definition) is 6. The van der Waals surface area contributed by atoms with Crippen molar-refractivity contribution < 1.29 is 19.0 Å². The highest BCUT2D eigenvalue weighted by molar-refractivity contribution is 6.33. The van der Waals surface area contributed by atoms with Crippen molar-refractivity contribution in [2.24, 2.45) is 0 Å². The summed E-state index contributed by atoms with van der Waals surface area (Å²) in [5, 5.41) is 3.06. The molecule has 3 heterocycles. The van der Waals surface area contributed by atoms with Crippen LogP contribution in [0.2, 0.25) is 5.15 Å². The number of halogens is 1. The molecule has 1 aromatic heterocycles. The zero-order valence-corrected chi connectivity index (χ0v) is 19.2. The normalized spacial score (nSPS) is 16.9. The first-order valence-electron chi connectivity index (χ1n) is 10.8. The molecule has 33 heavy (non-hydrogen) atoms. The number of amides is 1. The van der Waals surface area contributed by atoms with E-state index >= 15 is 0 Å². The molecule has 2 aliphatic rings. The lowest BCUT2D eigenvalue weighted by Crippen LogP contribution is -2.33. The molecule has 7 nitrogen and oxygen atoms in total. The molecule has 1 N–H and O–H groups in total. The summed E-state index contributed by atoms with van der Waals surface area (Å²) >= 11 is 6.03. The third-order valence-corrected chi connectivity index (χ3v) is 6.49. The number of ether oxygens (including phenoxy) is 3. The first kappa shape index (κ1) is 21.6. The summed E-state index contributed by atoms with van der Waals surface area (Å²) in [7, 11) is 3.80. The van der Waals surface area contributed by atoms with Crippen LogP contribution in [-0.4, -0.2) is 43.3 Å². The van der Waals surface area contributed by atoms with Gasteiger partial charge >= 0.3 is 0 Å². The fourth-order valence-electron chi connectivity index (χ4n) is 4.48. The summed E-state index contributed by atoms with van der Waals surface area (Å²) < 4.78 is 17.1. The molecule has 1 atom stereocenters. The molecular formula is C25H24ClN3O4. The molecule has 0 saturated carbocycles. The molecule has 3 aromatic rings. The molecule has 0 aliphatic carbocycles. The second kappa shape index (κ2) is 8.92. The van der Waals surface area contributed by atoms with Crippen molar-refractivity contribution >= 4 is 23.2 Å². The predicted molar refractivity (Wildman–Crippen MR) is 126 cm³/mol. The third kappa shape index (κ3) is 4.10. The Labute approximate surface area is 197 Å². The SMILES string of the molecule is COc1c2c(cc3c1C(Cc1ccc(NC(=O)c4cccnc4Cl)cc1)N(C)CC3)OCO2. The minimum Gasteiger partial charge on any atom is -0.492 e. The van der Waals surface area contributed by atoms with Gasteiger partial charge in [0, 0.05) is 30.0 Å². The Morgan fingerprint density at radius 3 is 2.85 bits per heavy atom. The van der Waals surface area contributed by atoms with E-state index in [4.69, 9.17) is 25.8 Å². The molecule has 0 bridgehead atoms. The van der Waals surface area contributed by atoms with Gasteiger partial charge in [-0.15, -0.1) is 0 Å². The van der Waals surface area contributed by atoms with Crippen molar-refractivity contribution in [1.29, 1.82) is 0 Å². The monoisotopic (exact) mass is 465 g/mol. The van der Waals surface area contributed by atoms with Gasteiger partial charge in [-0.1, -0.05) is 23.7 Å². The molecule has 170 valence electrons. The van der Waals surface area contributed by atoms with Gasteiger partial charge in [-0.3, -0.25) is 9.69 Å². The molecule has 2 aromatic carbocycles. The van der Waals surface area contributed by atoms with Gasteiger partial charge in [-0.05, 0) is 61.3 Å². The Kier molecular flexibility index (Phi) is 5.83. The number of likely N-dealkylation sites (N-methyl/N-ethyl adjacent to an activating group) is 1. The van der Waals surface area contributed by atoms with Gasteiger partial charge in [-0.25, -0.2) is 4.98 Å². The summed E-state index contributed by atoms with van der Waals surface area (Å²) in [4.78, 5) is 18.8. The number of carbonyl (C=O) groups excluding carboxylic acids is 1. The molecule has 0 spiro atoms. The Balaban J connectivity index is 1.37. The number of methoxy groups -OCH3 is 1. The highest BCUT2D eigenvalue weighted by Gasteiger charge is 2.33. The maximum absolute atomic E-state index is 12.5. The number of nitrogens with one attached hydrogen (secondary N) is 1. The van der Waals surface area contributed by atoms with Crippen LogP contribution in [0.25, 0.3) is 0 Å². The summed E-state index contributed by atoms with van der Waals surface area (Å²) in [5.74, 6) is 1.91. The number of aromatic nitrogens is 1. The van der Waals surface area contributed by atoms with Crippen molar-refractivity contribution in [3.63, 3.8) is 0 Å². The van der Waals surface area contributed by atoms with Crippen LogP contribution < -0.4 is 19.5 Å². The van der Waals surface area contributed by atoms with Crippen LogP contribution in [0.15, 0.2) is 48.7 Å². The predicted octanol–water partition coefficient (Wildman–Crippen LogP) is 4.50. The maximum atomic E-state index is 12.5. The first-order chi connectivity index (χ1) is 16.0. The Bertz CT molecular complexity index is 1200. The number of benzene rings is 2. The fourth-order valence-corrected chi connectivity index (χ4v) is 4.69. The van der Waals surface area contributed by atoms with Crippen LogP contribution >= 0.6 is 11.6 Å². The molecule has 2 aliphatic heterocycles. The zero-order chi connectivity index (χ0) is 22.9. The fraction of sp³-hybridized carbons (Fsp3) is 0.280. The molecule has 1 unspecified atom stereocenters. The smallest absolute Gasteiger partial charge is 0.258 e. The minimum absolute atomic E-state index is 0.132. The summed E-state index contributed by atoms with van der Waals surface area (Å²) in [6.45, 7) is 1.16. The van der Waals surface area contributed by atoms with Gasteiger partial charge in [-0.2, -0.15) is 0 Å². The van der Waals surface area contributed by atoms with Gasteiger partial charge in [0.2, 0.25) is 12.5 Å². The van der Waals surface area contributed by atoms with E-state index in [1.165, 1.54) is 5.56 Å². The van der Waals surface area contributed by atoms with E-state index in [1.54, 1.807) is 25.4 Å². The van der Waals surface area contributed by atoms with E-state index in [0.717, 1.165) is 42.0 Å². The lowest BCUT2D eigenvalue weighted by molar-refractivity contribution is 0.102. The van der Waals surface area contributed by atoms with Gasteiger partial charge in [0.05, 0.1) is 12.7 Å². The number of pyridine rings is 1. The van der Waals surface area contributed by atoms with Crippen LogP contribution in [0, 0.1) is 0 Å². The highest BCUT2D eigenvalue weighted by atomic mass is 35.5. The van der Waals surface area contributed by atoms with E-state index < -0.39 is 0 Å². The average Bonchev–Trinajstić information content (AvgIpc) is 3.29. The minimum atomic E-state index is -0.289. The van der Waals surface area contributed by atoms with Crippen LogP contribution in [-0.2, 0) is 12.8 Å². The number of anilines is 1. The second-order valence-corrected chi connectivity index (χ2v) is 8.52. The lowest BCUT2D eigenvalue weighted by atomic mass is 9.87. The zero-order valence-electron chi connectivity index (χ0n) is 18.4. The first-order valence-corrected chi connectivity index (χ1v) is 11.1. The Morgan fingerprint density at radius 2 is 2.09 bits per heavy atom. The van der Waals surface area contributed by atoms with Gasteiger partial charge in [0.25, 0.3) is 5.91 Å². The topological polar surface area (TPSA) is 72.9 Å². The quantitative estimate of drug-likeness (QED) is 0.559. The summed E-state index contributed by atoms with van der Waals surface area (Å²) in [5.41, 5.74) is 4.57. The van der Waals surface area contributed by atoms with Crippen LogP contribution in [0.5, 0.6) is 17.2 Å². The van der Waals surface area contributed by atoms with E-state index in [9.17, 15) is 4.79 Å². The Morgan fingerprint density at radius 1 is 1.27 bits per heavy atom. The summed E-state index contributed by atoms with van der Waals surface area (Å²) in [6.07, 6.45) is 3.27. The number of rotatable bonds is 5. The highest BCUT2D eigenvalue weighted by Crippen LogP contribution is 2.49. The standard InChI is InChI=1S/C25H24ClN3O4/c1-29-11-9-16-13-20-22(33-14-32-20)23(31-2)21(16)19(29)12-15-5-7-17(8-6-15)28-25(30)18-4-3-10-27-24(18)26/h3-8,10,13,19H,9,11-12,14H2,1-2H3,(H,28,30). The number of carbonyl (C=O) groups is 1. The maximum Gasteiger partial charge on any atom is 0.258 e. The number of fused-ring (bicyclic) bond motifs is 2. The van der Waals surface area contributed by atoms with Crippen molar-refractivity contribution in [3.8, 4) is 17.2 Å². The summed E-state index contributed by atoms with van der Waals surface area (Å²) in [6, 6.07) is 13.4. The molecule has 8 heteroatoms. The van der Waals surface area contributed by atoms with Gasteiger partial charge in [0.1, 0.15) is 5.15 Å². The van der Waals surface area contributed by atoms with E-state index in [-0.39, 0.29) is 23.9 Å². The molecule has 5 rings (SSSR count). The molecule has 1 amide bonds.